The summed E-state index contributed by atoms with van der Waals surface area (Å²) in [6, 6.07) is 11.9. The molecule has 0 radical (unpaired) electrons. The average molecular weight is 353 g/mol. The molecule has 1 fully saturated rings. The maximum absolute atomic E-state index is 12.8. The first-order chi connectivity index (χ1) is 12.6. The Balaban J connectivity index is 1.64. The van der Waals surface area contributed by atoms with Crippen LogP contribution in [0, 0.1) is 6.92 Å². The summed E-state index contributed by atoms with van der Waals surface area (Å²) in [5.74, 6) is -0.263. The van der Waals surface area contributed by atoms with Crippen molar-refractivity contribution in [3.05, 3.63) is 69.6 Å². The highest BCUT2D eigenvalue weighted by Crippen LogP contribution is 2.07. The predicted molar refractivity (Wildman–Crippen MR) is 104 cm³/mol. The van der Waals surface area contributed by atoms with Crippen molar-refractivity contribution in [1.82, 2.24) is 14.8 Å². The smallest absolute Gasteiger partial charge is 0.263 e. The molecule has 1 aliphatic rings. The van der Waals surface area contributed by atoms with Crippen LogP contribution in [0.1, 0.15) is 34.3 Å². The van der Waals surface area contributed by atoms with E-state index < -0.39 is 0 Å². The van der Waals surface area contributed by atoms with Gasteiger partial charge in [0.2, 0.25) is 0 Å². The minimum absolute atomic E-state index is 0.209. The summed E-state index contributed by atoms with van der Waals surface area (Å²) in [7, 11) is 0. The minimum atomic E-state index is -0.263. The number of pyridine rings is 1. The van der Waals surface area contributed by atoms with Crippen molar-refractivity contribution in [3.63, 3.8) is 0 Å². The van der Waals surface area contributed by atoms with E-state index in [0.717, 1.165) is 31.6 Å². The van der Waals surface area contributed by atoms with E-state index in [1.54, 1.807) is 10.8 Å². The Morgan fingerprint density at radius 1 is 1.08 bits per heavy atom. The van der Waals surface area contributed by atoms with Crippen molar-refractivity contribution >= 4 is 5.91 Å². The lowest BCUT2D eigenvalue weighted by molar-refractivity contribution is 0.0947. The minimum Gasteiger partial charge on any atom is -0.351 e. The van der Waals surface area contributed by atoms with Gasteiger partial charge in [0.25, 0.3) is 11.5 Å². The molecule has 1 saturated heterocycles. The van der Waals surface area contributed by atoms with Crippen molar-refractivity contribution in [2.24, 2.45) is 0 Å². The van der Waals surface area contributed by atoms with E-state index in [-0.39, 0.29) is 17.0 Å². The number of benzene rings is 1. The van der Waals surface area contributed by atoms with E-state index in [0.29, 0.717) is 13.1 Å². The van der Waals surface area contributed by atoms with Crippen LogP contribution in [-0.4, -0.2) is 41.6 Å². The third kappa shape index (κ3) is 4.61. The monoisotopic (exact) mass is 353 g/mol. The Morgan fingerprint density at radius 2 is 1.81 bits per heavy atom. The Kier molecular flexibility index (Phi) is 6.23. The lowest BCUT2D eigenvalue weighted by Gasteiger charge is -2.15. The number of nitrogens with zero attached hydrogens (tertiary/aromatic N) is 2. The molecule has 0 bridgehead atoms. The molecule has 2 aromatic rings. The molecule has 1 N–H and O–H groups in total. The van der Waals surface area contributed by atoms with E-state index in [2.05, 4.69) is 10.2 Å². The van der Waals surface area contributed by atoms with Crippen LogP contribution in [-0.2, 0) is 13.0 Å². The van der Waals surface area contributed by atoms with Crippen molar-refractivity contribution in [3.8, 4) is 0 Å². The fourth-order valence-corrected chi connectivity index (χ4v) is 3.43. The normalized spacial score (nSPS) is 14.5. The Bertz CT molecular complexity index is 793. The number of carbonyl (C=O) groups is 1. The van der Waals surface area contributed by atoms with E-state index in [1.165, 1.54) is 18.4 Å². The van der Waals surface area contributed by atoms with Crippen LogP contribution >= 0.6 is 0 Å². The van der Waals surface area contributed by atoms with E-state index in [4.69, 9.17) is 0 Å². The largest absolute Gasteiger partial charge is 0.351 e. The molecule has 1 aliphatic heterocycles. The standard InChI is InChI=1S/C21H27N3O2/c1-17-9-14-24(15-10-18-7-3-2-4-8-18)21(26)19(17)20(25)22-11-16-23-12-5-6-13-23/h2-4,7-9,14H,5-6,10-13,15-16H2,1H3,(H,22,25). The van der Waals surface area contributed by atoms with Crippen molar-refractivity contribution in [2.45, 2.75) is 32.7 Å². The van der Waals surface area contributed by atoms with Gasteiger partial charge in [0.15, 0.2) is 0 Å². The molecule has 3 rings (SSSR count). The first-order valence-corrected chi connectivity index (χ1v) is 9.39. The van der Waals surface area contributed by atoms with Gasteiger partial charge in [0, 0.05) is 25.8 Å². The molecule has 0 unspecified atom stereocenters. The maximum Gasteiger partial charge on any atom is 0.263 e. The number of aryl methyl sites for hydroxylation is 3. The second-order valence-corrected chi connectivity index (χ2v) is 6.91. The highest BCUT2D eigenvalue weighted by atomic mass is 16.2. The van der Waals surface area contributed by atoms with Crippen LogP contribution in [0.15, 0.2) is 47.4 Å². The molecule has 1 aromatic carbocycles. The topological polar surface area (TPSA) is 54.3 Å². The van der Waals surface area contributed by atoms with E-state index >= 15 is 0 Å². The zero-order valence-corrected chi connectivity index (χ0v) is 15.4. The van der Waals surface area contributed by atoms with Crippen LogP contribution in [0.3, 0.4) is 0 Å². The summed E-state index contributed by atoms with van der Waals surface area (Å²) in [6.45, 7) is 6.02. The number of hydrogen-bond donors (Lipinski definition) is 1. The summed E-state index contributed by atoms with van der Waals surface area (Å²) in [5, 5.41) is 2.91. The van der Waals surface area contributed by atoms with Gasteiger partial charge in [0.05, 0.1) is 0 Å². The van der Waals surface area contributed by atoms with Gasteiger partial charge in [-0.2, -0.15) is 0 Å². The highest BCUT2D eigenvalue weighted by Gasteiger charge is 2.16. The first kappa shape index (κ1) is 18.4. The predicted octanol–water partition coefficient (Wildman–Crippen LogP) is 2.23. The van der Waals surface area contributed by atoms with Crippen LogP contribution in [0.2, 0.25) is 0 Å². The third-order valence-corrected chi connectivity index (χ3v) is 5.00. The molecule has 5 heteroatoms. The highest BCUT2D eigenvalue weighted by molar-refractivity contribution is 5.95. The summed E-state index contributed by atoms with van der Waals surface area (Å²) in [6.07, 6.45) is 5.01. The van der Waals surface area contributed by atoms with Crippen molar-refractivity contribution in [1.29, 1.82) is 0 Å². The number of nitrogens with one attached hydrogen (secondary N) is 1. The van der Waals surface area contributed by atoms with Gasteiger partial charge < -0.3 is 14.8 Å². The number of likely N-dealkylation sites (tertiary alicyclic amines) is 1. The van der Waals surface area contributed by atoms with E-state index in [1.807, 2.05) is 43.3 Å². The summed E-state index contributed by atoms with van der Waals surface area (Å²) >= 11 is 0. The van der Waals surface area contributed by atoms with Gasteiger partial charge in [-0.05, 0) is 56.5 Å². The fourth-order valence-electron chi connectivity index (χ4n) is 3.43. The number of amides is 1. The lowest BCUT2D eigenvalue weighted by atomic mass is 10.1. The summed E-state index contributed by atoms with van der Waals surface area (Å²) < 4.78 is 1.63. The SMILES string of the molecule is Cc1ccn(CCc2ccccc2)c(=O)c1C(=O)NCCN1CCCC1. The lowest BCUT2D eigenvalue weighted by Crippen LogP contribution is -2.38. The van der Waals surface area contributed by atoms with Crippen LogP contribution in [0.5, 0.6) is 0 Å². The van der Waals surface area contributed by atoms with Crippen molar-refractivity contribution < 1.29 is 4.79 Å². The van der Waals surface area contributed by atoms with Crippen LogP contribution < -0.4 is 10.9 Å². The third-order valence-electron chi connectivity index (χ3n) is 5.00. The number of aromatic nitrogens is 1. The Morgan fingerprint density at radius 3 is 2.54 bits per heavy atom. The molecule has 0 saturated carbocycles. The molecule has 1 aromatic heterocycles. The Hall–Kier alpha value is -2.40. The zero-order valence-electron chi connectivity index (χ0n) is 15.4. The molecule has 5 nitrogen and oxygen atoms in total. The zero-order chi connectivity index (χ0) is 18.4. The molecule has 138 valence electrons. The molecular formula is C21H27N3O2. The molecule has 0 aliphatic carbocycles. The number of hydrogen-bond acceptors (Lipinski definition) is 3. The van der Waals surface area contributed by atoms with Gasteiger partial charge in [-0.3, -0.25) is 9.59 Å². The molecule has 26 heavy (non-hydrogen) atoms. The first-order valence-electron chi connectivity index (χ1n) is 9.39. The summed E-state index contributed by atoms with van der Waals surface area (Å²) in [4.78, 5) is 27.7. The fraction of sp³-hybridized carbons (Fsp3) is 0.429. The van der Waals surface area contributed by atoms with Gasteiger partial charge >= 0.3 is 0 Å². The average Bonchev–Trinajstić information content (AvgIpc) is 3.15. The Labute approximate surface area is 154 Å². The second kappa shape index (κ2) is 8.81. The molecule has 0 spiro atoms. The van der Waals surface area contributed by atoms with Crippen molar-refractivity contribution in [2.75, 3.05) is 26.2 Å². The quantitative estimate of drug-likeness (QED) is 0.830. The molecule has 2 heterocycles. The van der Waals surface area contributed by atoms with E-state index in [9.17, 15) is 9.59 Å². The summed E-state index contributed by atoms with van der Waals surface area (Å²) in [5.41, 5.74) is 1.96. The van der Waals surface area contributed by atoms with Gasteiger partial charge in [-0.1, -0.05) is 30.3 Å². The molecule has 1 amide bonds. The molecule has 0 atom stereocenters. The maximum atomic E-state index is 12.8. The van der Waals surface area contributed by atoms with Crippen LogP contribution in [0.25, 0.3) is 0 Å². The van der Waals surface area contributed by atoms with Gasteiger partial charge in [0.1, 0.15) is 5.56 Å². The number of carbonyl (C=O) groups excluding carboxylic acids is 1. The van der Waals surface area contributed by atoms with Gasteiger partial charge in [-0.25, -0.2) is 0 Å². The van der Waals surface area contributed by atoms with Crippen LogP contribution in [0.4, 0.5) is 0 Å². The molecular weight excluding hydrogens is 326 g/mol. The van der Waals surface area contributed by atoms with Gasteiger partial charge in [-0.15, -0.1) is 0 Å². The number of rotatable bonds is 7. The second-order valence-electron chi connectivity index (χ2n) is 6.91.